The Labute approximate surface area is 185 Å². The third kappa shape index (κ3) is 5.52. The number of rotatable bonds is 6. The van der Waals surface area contributed by atoms with E-state index in [0.29, 0.717) is 37.4 Å². The molecule has 3 rings (SSSR count). The highest BCUT2D eigenvalue weighted by atomic mass is 35.5. The molecule has 1 N–H and O–H groups in total. The van der Waals surface area contributed by atoms with Gasteiger partial charge in [0.2, 0.25) is 0 Å². The van der Waals surface area contributed by atoms with E-state index in [9.17, 15) is 19.6 Å². The summed E-state index contributed by atoms with van der Waals surface area (Å²) in [5.74, 6) is -0.353. The van der Waals surface area contributed by atoms with Crippen LogP contribution in [0.25, 0.3) is 0 Å². The fraction of sp³-hybridized carbons (Fsp3) is 0.348. The number of nitrogens with zero attached hydrogens (tertiary/aromatic N) is 3. The van der Waals surface area contributed by atoms with Crippen LogP contribution in [-0.2, 0) is 11.2 Å². The molecule has 1 fully saturated rings. The second-order valence-corrected chi connectivity index (χ2v) is 8.02. The zero-order valence-corrected chi connectivity index (χ0v) is 17.5. The molecule has 0 saturated carbocycles. The number of nitriles is 2. The van der Waals surface area contributed by atoms with Crippen molar-refractivity contribution in [2.24, 2.45) is 5.41 Å². The highest BCUT2D eigenvalue weighted by Gasteiger charge is 2.36. The van der Waals surface area contributed by atoms with Crippen molar-refractivity contribution < 1.29 is 19.0 Å². The number of carbonyl (C=O) groups excluding carboxylic acids is 1. The van der Waals surface area contributed by atoms with Crippen LogP contribution in [0.2, 0.25) is 5.02 Å². The van der Waals surface area contributed by atoms with Crippen LogP contribution in [0.3, 0.4) is 0 Å². The number of ether oxygens (including phenoxy) is 1. The summed E-state index contributed by atoms with van der Waals surface area (Å²) in [4.78, 5) is 14.2. The van der Waals surface area contributed by atoms with E-state index in [1.165, 1.54) is 24.3 Å². The van der Waals surface area contributed by atoms with Crippen LogP contribution in [0.5, 0.6) is 5.75 Å². The smallest absolute Gasteiger partial charge is 0.260 e. The van der Waals surface area contributed by atoms with Crippen LogP contribution < -0.4 is 4.74 Å². The zero-order valence-electron chi connectivity index (χ0n) is 16.7. The van der Waals surface area contributed by atoms with Gasteiger partial charge in [0.1, 0.15) is 11.6 Å². The Morgan fingerprint density at radius 2 is 1.90 bits per heavy atom. The number of piperidine rings is 1. The van der Waals surface area contributed by atoms with E-state index in [1.807, 2.05) is 0 Å². The number of benzene rings is 2. The van der Waals surface area contributed by atoms with Crippen molar-refractivity contribution in [1.29, 1.82) is 10.5 Å². The Balaban J connectivity index is 1.59. The van der Waals surface area contributed by atoms with Crippen LogP contribution in [0.1, 0.15) is 30.1 Å². The molecule has 1 heterocycles. The molecule has 0 bridgehead atoms. The van der Waals surface area contributed by atoms with Gasteiger partial charge in [-0.3, -0.25) is 4.79 Å². The summed E-state index contributed by atoms with van der Waals surface area (Å²) in [5.41, 5.74) is 0.483. The molecule has 6 nitrogen and oxygen atoms in total. The quantitative estimate of drug-likeness (QED) is 0.688. The van der Waals surface area contributed by atoms with Crippen molar-refractivity contribution in [1.82, 2.24) is 4.90 Å². The predicted octanol–water partition coefficient (Wildman–Crippen LogP) is 3.79. The van der Waals surface area contributed by atoms with Gasteiger partial charge in [0.25, 0.3) is 5.91 Å². The summed E-state index contributed by atoms with van der Waals surface area (Å²) in [5, 5.41) is 28.9. The standard InChI is InChI=1S/C23H21ClFN3O3/c24-17-3-6-21(19(11-17)20(29)13-26)31-14-22(30)28-9-7-23(15-27,8-10-28)12-16-1-4-18(25)5-2-16/h1-6,11,20,29H,7-10,12,14H2. The van der Waals surface area contributed by atoms with E-state index in [-0.39, 0.29) is 29.6 Å². The molecular formula is C23H21ClFN3O3. The highest BCUT2D eigenvalue weighted by molar-refractivity contribution is 6.30. The molecule has 1 amide bonds. The maximum absolute atomic E-state index is 13.1. The summed E-state index contributed by atoms with van der Waals surface area (Å²) in [6, 6.07) is 14.7. The Hall–Kier alpha value is -3.13. The lowest BCUT2D eigenvalue weighted by Gasteiger charge is -2.37. The number of halogens is 2. The van der Waals surface area contributed by atoms with Crippen LogP contribution in [0.4, 0.5) is 4.39 Å². The fourth-order valence-corrected chi connectivity index (χ4v) is 3.85. The molecule has 0 aliphatic carbocycles. The SMILES string of the molecule is N#CC(O)c1cc(Cl)ccc1OCC(=O)N1CCC(C#N)(Cc2ccc(F)cc2)CC1. The monoisotopic (exact) mass is 441 g/mol. The summed E-state index contributed by atoms with van der Waals surface area (Å²) in [7, 11) is 0. The first kappa shape index (κ1) is 22.6. The lowest BCUT2D eigenvalue weighted by Crippen LogP contribution is -2.45. The van der Waals surface area contributed by atoms with Gasteiger partial charge in [0, 0.05) is 23.7 Å². The molecule has 160 valence electrons. The van der Waals surface area contributed by atoms with Gasteiger partial charge in [-0.25, -0.2) is 4.39 Å². The van der Waals surface area contributed by atoms with Gasteiger partial charge in [-0.2, -0.15) is 10.5 Å². The number of aliphatic hydroxyl groups excluding tert-OH is 1. The maximum atomic E-state index is 13.1. The summed E-state index contributed by atoms with van der Waals surface area (Å²) in [6.45, 7) is 0.556. The minimum absolute atomic E-state index is 0.198. The van der Waals surface area contributed by atoms with E-state index in [4.69, 9.17) is 21.6 Å². The van der Waals surface area contributed by atoms with Gasteiger partial charge in [0.15, 0.2) is 12.7 Å². The van der Waals surface area contributed by atoms with Gasteiger partial charge in [0.05, 0.1) is 17.6 Å². The lowest BCUT2D eigenvalue weighted by atomic mass is 9.75. The van der Waals surface area contributed by atoms with Crippen LogP contribution in [0.15, 0.2) is 42.5 Å². The van der Waals surface area contributed by atoms with Gasteiger partial charge in [-0.1, -0.05) is 23.7 Å². The van der Waals surface area contributed by atoms with Crippen molar-refractivity contribution in [2.75, 3.05) is 19.7 Å². The van der Waals surface area contributed by atoms with Gasteiger partial charge < -0.3 is 14.7 Å². The summed E-state index contributed by atoms with van der Waals surface area (Å²) in [6.07, 6.45) is 0.0990. The Morgan fingerprint density at radius 3 is 2.52 bits per heavy atom. The average molecular weight is 442 g/mol. The lowest BCUT2D eigenvalue weighted by molar-refractivity contribution is -0.135. The Kier molecular flexibility index (Phi) is 7.12. The second kappa shape index (κ2) is 9.78. The Morgan fingerprint density at radius 1 is 1.23 bits per heavy atom. The van der Waals surface area contributed by atoms with E-state index in [2.05, 4.69) is 6.07 Å². The number of hydrogen-bond acceptors (Lipinski definition) is 5. The topological polar surface area (TPSA) is 97.3 Å². The average Bonchev–Trinajstić information content (AvgIpc) is 2.79. The van der Waals surface area contributed by atoms with Crippen molar-refractivity contribution >= 4 is 17.5 Å². The minimum atomic E-state index is -1.42. The third-order valence-corrected chi connectivity index (χ3v) is 5.74. The van der Waals surface area contributed by atoms with Gasteiger partial charge in [-0.05, 0) is 55.2 Å². The third-order valence-electron chi connectivity index (χ3n) is 5.51. The number of carbonyl (C=O) groups is 1. The molecule has 1 atom stereocenters. The van der Waals surface area contributed by atoms with E-state index in [1.54, 1.807) is 29.2 Å². The van der Waals surface area contributed by atoms with Crippen LogP contribution in [0, 0.1) is 33.9 Å². The van der Waals surface area contributed by atoms with E-state index >= 15 is 0 Å². The van der Waals surface area contributed by atoms with Gasteiger partial charge in [-0.15, -0.1) is 0 Å². The zero-order chi connectivity index (χ0) is 22.4. The highest BCUT2D eigenvalue weighted by Crippen LogP contribution is 2.35. The predicted molar refractivity (Wildman–Crippen MR) is 111 cm³/mol. The summed E-state index contributed by atoms with van der Waals surface area (Å²) < 4.78 is 18.7. The van der Waals surface area contributed by atoms with Crippen LogP contribution in [-0.4, -0.2) is 35.6 Å². The first-order valence-electron chi connectivity index (χ1n) is 9.79. The largest absolute Gasteiger partial charge is 0.483 e. The van der Waals surface area contributed by atoms with E-state index < -0.39 is 11.5 Å². The van der Waals surface area contributed by atoms with Crippen molar-refractivity contribution in [2.45, 2.75) is 25.4 Å². The molecule has 8 heteroatoms. The number of aliphatic hydroxyl groups is 1. The number of hydrogen-bond donors (Lipinski definition) is 1. The molecule has 1 aliphatic heterocycles. The number of likely N-dealkylation sites (tertiary alicyclic amines) is 1. The first-order chi connectivity index (χ1) is 14.9. The molecular weight excluding hydrogens is 421 g/mol. The normalized spacial score (nSPS) is 16.1. The molecule has 1 unspecified atom stereocenters. The second-order valence-electron chi connectivity index (χ2n) is 7.58. The molecule has 2 aromatic carbocycles. The first-order valence-corrected chi connectivity index (χ1v) is 10.2. The molecule has 1 aliphatic rings. The Bertz CT molecular complexity index is 1020. The maximum Gasteiger partial charge on any atom is 0.260 e. The van der Waals surface area contributed by atoms with Crippen molar-refractivity contribution in [3.8, 4) is 17.9 Å². The summed E-state index contributed by atoms with van der Waals surface area (Å²) >= 11 is 5.91. The minimum Gasteiger partial charge on any atom is -0.483 e. The number of amides is 1. The van der Waals surface area contributed by atoms with E-state index in [0.717, 1.165) is 5.56 Å². The van der Waals surface area contributed by atoms with Crippen molar-refractivity contribution in [3.05, 3.63) is 64.4 Å². The molecule has 0 spiro atoms. The fourth-order valence-electron chi connectivity index (χ4n) is 3.67. The molecule has 0 radical (unpaired) electrons. The van der Waals surface area contributed by atoms with Crippen molar-refractivity contribution in [3.63, 3.8) is 0 Å². The molecule has 1 saturated heterocycles. The van der Waals surface area contributed by atoms with Crippen LogP contribution >= 0.6 is 11.6 Å². The molecule has 0 aromatic heterocycles. The van der Waals surface area contributed by atoms with Gasteiger partial charge >= 0.3 is 0 Å². The molecule has 31 heavy (non-hydrogen) atoms. The molecule has 2 aromatic rings.